The summed E-state index contributed by atoms with van der Waals surface area (Å²) in [5, 5.41) is 10.3. The minimum Gasteiger partial charge on any atom is -0.507 e. The molecule has 1 aliphatic carbocycles. The van der Waals surface area contributed by atoms with E-state index in [4.69, 9.17) is 4.74 Å². The molecule has 2 nitrogen and oxygen atoms in total. The number of aromatic hydroxyl groups is 1. The van der Waals surface area contributed by atoms with Gasteiger partial charge in [0.1, 0.15) is 11.5 Å². The van der Waals surface area contributed by atoms with Crippen LogP contribution >= 0.6 is 0 Å². The number of phenolic OH excluding ortho intramolecular Hbond substituents is 1. The first kappa shape index (κ1) is 17.6. The molecule has 0 fully saturated rings. The predicted molar refractivity (Wildman–Crippen MR) is 90.9 cm³/mol. The monoisotopic (exact) mass is 290 g/mol. The molecule has 0 heterocycles. The fourth-order valence-electron chi connectivity index (χ4n) is 2.74. The van der Waals surface area contributed by atoms with E-state index in [1.165, 1.54) is 18.4 Å². The molecule has 1 aromatic rings. The maximum atomic E-state index is 10.3. The average Bonchev–Trinajstić information content (AvgIpc) is 2.39. The van der Waals surface area contributed by atoms with Crippen molar-refractivity contribution in [2.45, 2.75) is 66.9 Å². The molecule has 0 amide bonds. The van der Waals surface area contributed by atoms with Gasteiger partial charge in [0, 0.05) is 0 Å². The zero-order valence-corrected chi connectivity index (χ0v) is 14.4. The summed E-state index contributed by atoms with van der Waals surface area (Å²) < 4.78 is 5.89. The highest BCUT2D eigenvalue weighted by molar-refractivity contribution is 5.76. The van der Waals surface area contributed by atoms with E-state index in [1.54, 1.807) is 0 Å². The van der Waals surface area contributed by atoms with Gasteiger partial charge in [-0.3, -0.25) is 0 Å². The first-order valence-corrected chi connectivity index (χ1v) is 8.18. The fraction of sp³-hybridized carbons (Fsp3) is 0.579. The lowest BCUT2D eigenvalue weighted by molar-refractivity contribution is 0.240. The van der Waals surface area contributed by atoms with Crippen molar-refractivity contribution in [2.75, 3.05) is 0 Å². The highest BCUT2D eigenvalue weighted by atomic mass is 16.5. The smallest absolute Gasteiger partial charge is 0.131 e. The van der Waals surface area contributed by atoms with Gasteiger partial charge in [-0.1, -0.05) is 26.8 Å². The van der Waals surface area contributed by atoms with Crippen molar-refractivity contribution in [1.29, 1.82) is 0 Å². The molecule has 0 aromatic heterocycles. The first-order valence-electron chi connectivity index (χ1n) is 8.18. The van der Waals surface area contributed by atoms with E-state index in [1.807, 2.05) is 46.8 Å². The van der Waals surface area contributed by atoms with Crippen LogP contribution in [0.15, 0.2) is 18.2 Å². The molecule has 1 aliphatic rings. The van der Waals surface area contributed by atoms with E-state index in [2.05, 4.69) is 13.0 Å². The van der Waals surface area contributed by atoms with Crippen LogP contribution in [0.3, 0.4) is 0 Å². The van der Waals surface area contributed by atoms with Crippen LogP contribution in [-0.4, -0.2) is 11.2 Å². The number of ether oxygens (including phenoxy) is 1. The maximum Gasteiger partial charge on any atom is 0.131 e. The van der Waals surface area contributed by atoms with Crippen LogP contribution in [0.5, 0.6) is 11.5 Å². The summed E-state index contributed by atoms with van der Waals surface area (Å²) in [5.74, 6) is 1.74. The molecule has 1 aromatic carbocycles. The molecule has 0 saturated carbocycles. The van der Waals surface area contributed by atoms with Gasteiger partial charge in [0.25, 0.3) is 0 Å². The molecule has 21 heavy (non-hydrogen) atoms. The summed E-state index contributed by atoms with van der Waals surface area (Å²) in [4.78, 5) is 0. The number of rotatable bonds is 3. The zero-order chi connectivity index (χ0) is 16.0. The first-order chi connectivity index (χ1) is 9.97. The molecule has 1 atom stereocenters. The third-order valence-electron chi connectivity index (χ3n) is 3.50. The highest BCUT2D eigenvalue weighted by Crippen LogP contribution is 2.41. The van der Waals surface area contributed by atoms with Crippen molar-refractivity contribution in [3.8, 4) is 11.5 Å². The minimum absolute atomic E-state index is 0.113. The van der Waals surface area contributed by atoms with E-state index in [0.717, 1.165) is 23.3 Å². The Labute approximate surface area is 129 Å². The molecule has 0 radical (unpaired) electrons. The average molecular weight is 290 g/mol. The number of hydrogen-bond donors (Lipinski definition) is 1. The van der Waals surface area contributed by atoms with E-state index in [-0.39, 0.29) is 6.10 Å². The fourth-order valence-corrected chi connectivity index (χ4v) is 2.74. The van der Waals surface area contributed by atoms with Gasteiger partial charge in [0.2, 0.25) is 0 Å². The Morgan fingerprint density at radius 1 is 1.24 bits per heavy atom. The molecule has 2 rings (SSSR count). The van der Waals surface area contributed by atoms with Crippen molar-refractivity contribution < 1.29 is 9.84 Å². The standard InChI is InChI=1S/C17H24O2.C2H6/c1-11(2)19-16-10-13(4)9-15(18)17(16)14-7-5-6-12(3)8-14;1-2/h8-12,18H,5-7H2,1-4H3;1-2H3. The summed E-state index contributed by atoms with van der Waals surface area (Å²) >= 11 is 0. The van der Waals surface area contributed by atoms with Gasteiger partial charge >= 0.3 is 0 Å². The second-order valence-electron chi connectivity index (χ2n) is 5.89. The topological polar surface area (TPSA) is 29.5 Å². The van der Waals surface area contributed by atoms with Crippen LogP contribution in [0.25, 0.3) is 5.57 Å². The van der Waals surface area contributed by atoms with E-state index < -0.39 is 0 Å². The van der Waals surface area contributed by atoms with Gasteiger partial charge in [-0.2, -0.15) is 0 Å². The van der Waals surface area contributed by atoms with Crippen molar-refractivity contribution in [3.63, 3.8) is 0 Å². The maximum absolute atomic E-state index is 10.3. The Morgan fingerprint density at radius 3 is 2.48 bits per heavy atom. The van der Waals surface area contributed by atoms with E-state index in [0.29, 0.717) is 11.7 Å². The molecule has 1 N–H and O–H groups in total. The number of phenols is 1. The van der Waals surface area contributed by atoms with Gasteiger partial charge < -0.3 is 9.84 Å². The molecule has 0 saturated heterocycles. The van der Waals surface area contributed by atoms with E-state index in [9.17, 15) is 5.11 Å². The Balaban J connectivity index is 0.00000106. The number of benzene rings is 1. The van der Waals surface area contributed by atoms with Gasteiger partial charge in [-0.05, 0) is 69.2 Å². The molecule has 2 heteroatoms. The number of allylic oxidation sites excluding steroid dienone is 2. The van der Waals surface area contributed by atoms with Gasteiger partial charge in [-0.15, -0.1) is 0 Å². The Kier molecular flexibility index (Phi) is 6.80. The summed E-state index contributed by atoms with van der Waals surface area (Å²) in [7, 11) is 0. The van der Waals surface area contributed by atoms with Crippen molar-refractivity contribution in [1.82, 2.24) is 0 Å². The van der Waals surface area contributed by atoms with Crippen LogP contribution in [-0.2, 0) is 0 Å². The summed E-state index contributed by atoms with van der Waals surface area (Å²) in [6.45, 7) is 12.2. The Bertz CT molecular complexity index is 487. The second-order valence-corrected chi connectivity index (χ2v) is 5.89. The van der Waals surface area contributed by atoms with Gasteiger partial charge in [0.05, 0.1) is 11.7 Å². The number of hydrogen-bond acceptors (Lipinski definition) is 2. The third-order valence-corrected chi connectivity index (χ3v) is 3.50. The van der Waals surface area contributed by atoms with Crippen LogP contribution in [0, 0.1) is 12.8 Å². The molecular weight excluding hydrogens is 260 g/mol. The SMILES string of the molecule is CC.Cc1cc(O)c(C2=CC(C)CCC2)c(OC(C)C)c1. The minimum atomic E-state index is 0.113. The summed E-state index contributed by atoms with van der Waals surface area (Å²) in [6.07, 6.45) is 5.83. The molecular formula is C19H30O2. The summed E-state index contributed by atoms with van der Waals surface area (Å²) in [5.41, 5.74) is 3.15. The largest absolute Gasteiger partial charge is 0.507 e. The predicted octanol–water partition coefficient (Wildman–Crippen LogP) is 5.72. The molecule has 0 aliphatic heterocycles. The normalized spacial score (nSPS) is 17.9. The van der Waals surface area contributed by atoms with Crippen molar-refractivity contribution >= 4 is 5.57 Å². The number of aryl methyl sites for hydroxylation is 1. The lowest BCUT2D eigenvalue weighted by atomic mass is 9.87. The molecule has 118 valence electrons. The highest BCUT2D eigenvalue weighted by Gasteiger charge is 2.19. The van der Waals surface area contributed by atoms with Crippen LogP contribution in [0.1, 0.15) is 65.0 Å². The van der Waals surface area contributed by atoms with Crippen molar-refractivity contribution in [3.05, 3.63) is 29.3 Å². The lowest BCUT2D eigenvalue weighted by Gasteiger charge is -2.22. The van der Waals surface area contributed by atoms with E-state index >= 15 is 0 Å². The molecule has 0 spiro atoms. The van der Waals surface area contributed by atoms with Crippen LogP contribution in [0.2, 0.25) is 0 Å². The van der Waals surface area contributed by atoms with Crippen LogP contribution in [0.4, 0.5) is 0 Å². The Morgan fingerprint density at radius 2 is 1.90 bits per heavy atom. The van der Waals surface area contributed by atoms with Crippen LogP contribution < -0.4 is 4.74 Å². The van der Waals surface area contributed by atoms with Gasteiger partial charge in [-0.25, -0.2) is 0 Å². The molecule has 1 unspecified atom stereocenters. The van der Waals surface area contributed by atoms with Gasteiger partial charge in [0.15, 0.2) is 0 Å². The third kappa shape index (κ3) is 4.80. The lowest BCUT2D eigenvalue weighted by Crippen LogP contribution is -2.09. The second kappa shape index (κ2) is 8.11. The van der Waals surface area contributed by atoms with Crippen molar-refractivity contribution in [2.24, 2.45) is 5.92 Å². The zero-order valence-electron chi connectivity index (χ0n) is 14.4. The quantitative estimate of drug-likeness (QED) is 0.771. The molecule has 0 bridgehead atoms. The Hall–Kier alpha value is -1.44. The summed E-state index contributed by atoms with van der Waals surface area (Å²) in [6, 6.07) is 3.85.